The van der Waals surface area contributed by atoms with E-state index in [0.717, 1.165) is 29.0 Å². The zero-order valence-electron chi connectivity index (χ0n) is 15.8. The summed E-state index contributed by atoms with van der Waals surface area (Å²) < 4.78 is 27.2. The van der Waals surface area contributed by atoms with Crippen LogP contribution in [-0.4, -0.2) is 23.3 Å². The van der Waals surface area contributed by atoms with E-state index in [1.807, 2.05) is 34.5 Å². The van der Waals surface area contributed by atoms with Crippen molar-refractivity contribution >= 4 is 34.4 Å². The van der Waals surface area contributed by atoms with Crippen molar-refractivity contribution in [2.24, 2.45) is 0 Å². The first kappa shape index (κ1) is 18.7. The number of hydrogen-bond donors (Lipinski definition) is 0. The number of fused-ring (bicyclic) bond motifs is 1. The number of hydrogen-bond acceptors (Lipinski definition) is 4. The molecule has 0 radical (unpaired) electrons. The first-order valence-electron chi connectivity index (χ1n) is 9.48. The normalized spacial score (nSPS) is 16.5. The van der Waals surface area contributed by atoms with Crippen molar-refractivity contribution in [1.29, 1.82) is 0 Å². The third-order valence-corrected chi connectivity index (χ3v) is 6.32. The van der Waals surface area contributed by atoms with E-state index in [1.54, 1.807) is 6.07 Å². The Morgan fingerprint density at radius 2 is 1.67 bits per heavy atom. The lowest BCUT2D eigenvalue weighted by Crippen LogP contribution is -2.37. The van der Waals surface area contributed by atoms with Gasteiger partial charge in [0.05, 0.1) is 11.3 Å². The fourth-order valence-corrected chi connectivity index (χ4v) is 4.76. The highest BCUT2D eigenvalue weighted by Gasteiger charge is 2.43. The first-order valence-corrected chi connectivity index (χ1v) is 10.4. The molecule has 0 bridgehead atoms. The molecule has 0 saturated carbocycles. The van der Waals surface area contributed by atoms with Gasteiger partial charge in [0.1, 0.15) is 5.70 Å². The van der Waals surface area contributed by atoms with Crippen LogP contribution in [0.15, 0.2) is 65.7 Å². The first-order chi connectivity index (χ1) is 14.5. The van der Waals surface area contributed by atoms with Crippen molar-refractivity contribution in [3.8, 4) is 0 Å². The van der Waals surface area contributed by atoms with Crippen LogP contribution >= 0.6 is 11.3 Å². The molecule has 150 valence electrons. The summed E-state index contributed by atoms with van der Waals surface area (Å²) in [7, 11) is 0. The molecule has 0 fully saturated rings. The Bertz CT molecular complexity index is 1200. The Morgan fingerprint density at radius 1 is 0.867 bits per heavy atom. The molecule has 1 aromatic heterocycles. The number of halogens is 2. The van der Waals surface area contributed by atoms with E-state index in [-0.39, 0.29) is 5.69 Å². The molecule has 0 spiro atoms. The summed E-state index contributed by atoms with van der Waals surface area (Å²) in [6.07, 6.45) is 0.754. The van der Waals surface area contributed by atoms with Gasteiger partial charge < -0.3 is 4.90 Å². The van der Waals surface area contributed by atoms with Crippen molar-refractivity contribution < 1.29 is 18.4 Å². The summed E-state index contributed by atoms with van der Waals surface area (Å²) in [5.41, 5.74) is 2.96. The average molecular weight is 422 g/mol. The van der Waals surface area contributed by atoms with Crippen LogP contribution < -0.4 is 4.90 Å². The molecule has 0 saturated heterocycles. The lowest BCUT2D eigenvalue weighted by molar-refractivity contribution is -0.120. The number of carbonyl (C=O) groups excluding carboxylic acids is 2. The summed E-state index contributed by atoms with van der Waals surface area (Å²) in [5, 5.41) is 1.84. The maximum absolute atomic E-state index is 13.8. The van der Waals surface area contributed by atoms with E-state index in [1.165, 1.54) is 23.0 Å². The molecular weight excluding hydrogens is 406 g/mol. The summed E-state index contributed by atoms with van der Waals surface area (Å²) in [6, 6.07) is 14.7. The molecule has 30 heavy (non-hydrogen) atoms. The van der Waals surface area contributed by atoms with Crippen molar-refractivity contribution in [2.75, 3.05) is 11.4 Å². The molecular formula is C23H16F2N2O2S. The van der Waals surface area contributed by atoms with Crippen LogP contribution in [0.2, 0.25) is 0 Å². The second kappa shape index (κ2) is 7.18. The number of thiophene rings is 1. The van der Waals surface area contributed by atoms with E-state index in [4.69, 9.17) is 0 Å². The second-order valence-electron chi connectivity index (χ2n) is 7.19. The zero-order chi connectivity index (χ0) is 20.8. The SMILES string of the molecule is O=C1C(c2cccs2)=C(N2CCc3ccccc3C2)C(=O)N1c1ccc(F)c(F)c1. The van der Waals surface area contributed by atoms with Gasteiger partial charge >= 0.3 is 0 Å². The van der Waals surface area contributed by atoms with Gasteiger partial charge in [-0.1, -0.05) is 30.3 Å². The highest BCUT2D eigenvalue weighted by Crippen LogP contribution is 2.38. The molecule has 2 aliphatic heterocycles. The molecule has 5 rings (SSSR count). The minimum Gasteiger partial charge on any atom is -0.362 e. The van der Waals surface area contributed by atoms with Crippen LogP contribution in [0.1, 0.15) is 16.0 Å². The van der Waals surface area contributed by atoms with Crippen LogP contribution in [0.25, 0.3) is 5.57 Å². The number of amides is 2. The van der Waals surface area contributed by atoms with Crippen LogP contribution in [0.5, 0.6) is 0 Å². The lowest BCUT2D eigenvalue weighted by atomic mass is 9.99. The summed E-state index contributed by atoms with van der Waals surface area (Å²) in [6.45, 7) is 1.09. The summed E-state index contributed by atoms with van der Waals surface area (Å²) in [4.78, 5) is 30.3. The zero-order valence-corrected chi connectivity index (χ0v) is 16.6. The topological polar surface area (TPSA) is 40.6 Å². The van der Waals surface area contributed by atoms with E-state index in [9.17, 15) is 18.4 Å². The lowest BCUT2D eigenvalue weighted by Gasteiger charge is -2.31. The molecule has 0 N–H and O–H groups in total. The third kappa shape index (κ3) is 2.93. The smallest absolute Gasteiger partial charge is 0.282 e. The highest BCUT2D eigenvalue weighted by molar-refractivity contribution is 7.11. The van der Waals surface area contributed by atoms with E-state index in [2.05, 4.69) is 6.07 Å². The largest absolute Gasteiger partial charge is 0.362 e. The second-order valence-corrected chi connectivity index (χ2v) is 8.13. The molecule has 0 atom stereocenters. The molecule has 7 heteroatoms. The predicted molar refractivity (Wildman–Crippen MR) is 111 cm³/mol. The Labute approximate surface area is 175 Å². The molecule has 3 aromatic rings. The average Bonchev–Trinajstić information content (AvgIpc) is 3.36. The fraction of sp³-hybridized carbons (Fsp3) is 0.130. The summed E-state index contributed by atoms with van der Waals surface area (Å²) in [5.74, 6) is -3.18. The maximum Gasteiger partial charge on any atom is 0.282 e. The monoisotopic (exact) mass is 422 g/mol. The Balaban J connectivity index is 1.60. The molecule has 0 unspecified atom stereocenters. The van der Waals surface area contributed by atoms with Crippen molar-refractivity contribution in [2.45, 2.75) is 13.0 Å². The number of benzene rings is 2. The molecule has 0 aliphatic carbocycles. The van der Waals surface area contributed by atoms with Gasteiger partial charge in [0.2, 0.25) is 0 Å². The van der Waals surface area contributed by atoms with Gasteiger partial charge in [-0.2, -0.15) is 0 Å². The van der Waals surface area contributed by atoms with Gasteiger partial charge in [-0.3, -0.25) is 9.59 Å². The molecule has 2 aromatic carbocycles. The Kier molecular flexibility index (Phi) is 4.47. The number of rotatable bonds is 3. The van der Waals surface area contributed by atoms with Crippen molar-refractivity contribution in [1.82, 2.24) is 4.90 Å². The molecule has 2 aliphatic rings. The molecule has 3 heterocycles. The predicted octanol–water partition coefficient (Wildman–Crippen LogP) is 4.37. The molecule has 2 amide bonds. The fourth-order valence-electron chi connectivity index (χ4n) is 4.00. The summed E-state index contributed by atoms with van der Waals surface area (Å²) >= 11 is 1.36. The number of anilines is 1. The van der Waals surface area contributed by atoms with Crippen molar-refractivity contribution in [3.63, 3.8) is 0 Å². The van der Waals surface area contributed by atoms with Gasteiger partial charge in [-0.15, -0.1) is 11.3 Å². The van der Waals surface area contributed by atoms with Gasteiger partial charge in [-0.05, 0) is 41.1 Å². The van der Waals surface area contributed by atoms with Crippen LogP contribution in [0.4, 0.5) is 14.5 Å². The van der Waals surface area contributed by atoms with Gasteiger partial charge in [0.15, 0.2) is 11.6 Å². The van der Waals surface area contributed by atoms with Crippen LogP contribution in [0.3, 0.4) is 0 Å². The Hall–Kier alpha value is -3.32. The van der Waals surface area contributed by atoms with E-state index >= 15 is 0 Å². The highest BCUT2D eigenvalue weighted by atomic mass is 32.1. The Morgan fingerprint density at radius 3 is 2.40 bits per heavy atom. The van der Waals surface area contributed by atoms with Gasteiger partial charge in [0.25, 0.3) is 11.8 Å². The van der Waals surface area contributed by atoms with E-state index in [0.29, 0.717) is 29.2 Å². The third-order valence-electron chi connectivity index (χ3n) is 5.44. The van der Waals surface area contributed by atoms with Gasteiger partial charge in [-0.25, -0.2) is 13.7 Å². The van der Waals surface area contributed by atoms with Crippen LogP contribution in [0, 0.1) is 11.6 Å². The van der Waals surface area contributed by atoms with Gasteiger partial charge in [0, 0.05) is 24.0 Å². The quantitative estimate of drug-likeness (QED) is 0.589. The van der Waals surface area contributed by atoms with Crippen molar-refractivity contribution in [3.05, 3.63) is 93.3 Å². The number of imide groups is 1. The minimum absolute atomic E-state index is 0.0189. The van der Waals surface area contributed by atoms with Crippen LogP contribution in [-0.2, 0) is 22.6 Å². The van der Waals surface area contributed by atoms with E-state index < -0.39 is 23.4 Å². The number of nitrogens with zero attached hydrogens (tertiary/aromatic N) is 2. The maximum atomic E-state index is 13.8. The standard InChI is InChI=1S/C23H16F2N2O2S/c24-17-8-7-16(12-18(17)25)27-22(28)20(19-6-3-11-30-19)21(23(27)29)26-10-9-14-4-1-2-5-15(14)13-26/h1-8,11-12H,9-10,13H2. The minimum atomic E-state index is -1.11. The molecule has 4 nitrogen and oxygen atoms in total. The number of carbonyl (C=O) groups is 2.